The molecule has 0 bridgehead atoms. The SMILES string of the molecule is Cc1nn(CCC#N)c(C)c1[C@H]1C=C[C@@H](NC(=O)COCC(=O)O)C1. The van der Waals surface area contributed by atoms with Crippen molar-refractivity contribution in [3.63, 3.8) is 0 Å². The van der Waals surface area contributed by atoms with Crippen LogP contribution in [-0.2, 0) is 20.9 Å². The second-order valence-electron chi connectivity index (χ2n) is 6.00. The zero-order chi connectivity index (χ0) is 18.4. The van der Waals surface area contributed by atoms with Crippen LogP contribution in [0.1, 0.15) is 35.7 Å². The molecule has 134 valence electrons. The molecule has 1 aliphatic rings. The molecule has 1 aromatic rings. The number of allylic oxidation sites excluding steroid dienone is 1. The van der Waals surface area contributed by atoms with Gasteiger partial charge in [0.05, 0.1) is 24.7 Å². The van der Waals surface area contributed by atoms with Crippen molar-refractivity contribution in [2.45, 2.75) is 45.2 Å². The number of carboxylic acid groups (broad SMARTS) is 1. The van der Waals surface area contributed by atoms with E-state index in [4.69, 9.17) is 15.1 Å². The van der Waals surface area contributed by atoms with E-state index < -0.39 is 12.6 Å². The lowest BCUT2D eigenvalue weighted by atomic mass is 9.96. The number of carbonyl (C=O) groups excluding carboxylic acids is 1. The van der Waals surface area contributed by atoms with Crippen LogP contribution < -0.4 is 5.32 Å². The Morgan fingerprint density at radius 1 is 1.44 bits per heavy atom. The Morgan fingerprint density at radius 2 is 2.20 bits per heavy atom. The molecule has 0 saturated heterocycles. The molecule has 1 amide bonds. The van der Waals surface area contributed by atoms with E-state index in [9.17, 15) is 9.59 Å². The molecule has 0 unspecified atom stereocenters. The Hall–Kier alpha value is -2.66. The fourth-order valence-corrected chi connectivity index (χ4v) is 3.12. The van der Waals surface area contributed by atoms with Crippen LogP contribution in [0.25, 0.3) is 0 Å². The smallest absolute Gasteiger partial charge is 0.329 e. The first-order chi connectivity index (χ1) is 11.9. The number of nitriles is 1. The lowest BCUT2D eigenvalue weighted by Crippen LogP contribution is -2.35. The van der Waals surface area contributed by atoms with Crippen molar-refractivity contribution in [3.05, 3.63) is 29.1 Å². The van der Waals surface area contributed by atoms with Gasteiger partial charge in [-0.15, -0.1) is 0 Å². The number of hydrogen-bond acceptors (Lipinski definition) is 5. The first-order valence-corrected chi connectivity index (χ1v) is 8.10. The van der Waals surface area contributed by atoms with E-state index >= 15 is 0 Å². The van der Waals surface area contributed by atoms with Crippen molar-refractivity contribution in [2.75, 3.05) is 13.2 Å². The molecule has 8 nitrogen and oxygen atoms in total. The van der Waals surface area contributed by atoms with Gasteiger partial charge in [-0.25, -0.2) is 4.79 Å². The van der Waals surface area contributed by atoms with Crippen molar-refractivity contribution in [2.24, 2.45) is 0 Å². The van der Waals surface area contributed by atoms with Gasteiger partial charge in [0.15, 0.2) is 0 Å². The summed E-state index contributed by atoms with van der Waals surface area (Å²) in [5.74, 6) is -1.29. The van der Waals surface area contributed by atoms with Gasteiger partial charge in [-0.05, 0) is 20.3 Å². The van der Waals surface area contributed by atoms with Crippen LogP contribution in [0.3, 0.4) is 0 Å². The molecule has 1 aromatic heterocycles. The summed E-state index contributed by atoms with van der Waals surface area (Å²) < 4.78 is 6.64. The number of nitrogens with zero attached hydrogens (tertiary/aromatic N) is 3. The third-order valence-electron chi connectivity index (χ3n) is 4.13. The molecular weight excluding hydrogens is 324 g/mol. The average molecular weight is 346 g/mol. The number of aryl methyl sites for hydroxylation is 2. The molecule has 0 radical (unpaired) electrons. The van der Waals surface area contributed by atoms with Crippen molar-refractivity contribution in [3.8, 4) is 6.07 Å². The number of aliphatic carboxylic acids is 1. The number of rotatable bonds is 8. The van der Waals surface area contributed by atoms with Gasteiger partial charge in [-0.2, -0.15) is 10.4 Å². The van der Waals surface area contributed by atoms with Gasteiger partial charge in [0.1, 0.15) is 13.2 Å². The van der Waals surface area contributed by atoms with Crippen LogP contribution in [0, 0.1) is 25.2 Å². The molecule has 0 aliphatic heterocycles. The first kappa shape index (κ1) is 18.7. The van der Waals surface area contributed by atoms with Gasteiger partial charge < -0.3 is 15.2 Å². The van der Waals surface area contributed by atoms with Gasteiger partial charge in [-0.1, -0.05) is 12.2 Å². The molecule has 1 heterocycles. The van der Waals surface area contributed by atoms with Crippen molar-refractivity contribution >= 4 is 11.9 Å². The second kappa shape index (κ2) is 8.44. The number of hydrogen-bond donors (Lipinski definition) is 2. The number of carboxylic acids is 1. The first-order valence-electron chi connectivity index (χ1n) is 8.10. The second-order valence-corrected chi connectivity index (χ2v) is 6.00. The van der Waals surface area contributed by atoms with Crippen molar-refractivity contribution in [1.82, 2.24) is 15.1 Å². The van der Waals surface area contributed by atoms with E-state index in [1.807, 2.05) is 24.6 Å². The van der Waals surface area contributed by atoms with E-state index in [0.29, 0.717) is 13.0 Å². The van der Waals surface area contributed by atoms with E-state index in [2.05, 4.69) is 22.6 Å². The van der Waals surface area contributed by atoms with E-state index in [1.165, 1.54) is 0 Å². The van der Waals surface area contributed by atoms with Gasteiger partial charge in [0.25, 0.3) is 0 Å². The minimum atomic E-state index is -1.10. The monoisotopic (exact) mass is 346 g/mol. The van der Waals surface area contributed by atoms with Crippen molar-refractivity contribution in [1.29, 1.82) is 5.26 Å². The lowest BCUT2D eigenvalue weighted by Gasteiger charge is -2.14. The third-order valence-corrected chi connectivity index (χ3v) is 4.13. The van der Waals surface area contributed by atoms with E-state index in [-0.39, 0.29) is 24.5 Å². The Labute approximate surface area is 146 Å². The van der Waals surface area contributed by atoms with Gasteiger partial charge in [0.2, 0.25) is 5.91 Å². The highest BCUT2D eigenvalue weighted by Gasteiger charge is 2.26. The fourth-order valence-electron chi connectivity index (χ4n) is 3.12. The van der Waals surface area contributed by atoms with E-state index in [0.717, 1.165) is 23.4 Å². The minimum absolute atomic E-state index is 0.118. The summed E-state index contributed by atoms with van der Waals surface area (Å²) in [6, 6.07) is 2.00. The molecule has 0 aromatic carbocycles. The number of ether oxygens (including phenoxy) is 1. The molecule has 8 heteroatoms. The molecular formula is C17H22N4O4. The summed E-state index contributed by atoms with van der Waals surface area (Å²) in [5.41, 5.74) is 3.11. The van der Waals surface area contributed by atoms with Crippen LogP contribution in [0.4, 0.5) is 0 Å². The maximum absolute atomic E-state index is 11.8. The Kier molecular flexibility index (Phi) is 6.31. The Morgan fingerprint density at radius 3 is 2.88 bits per heavy atom. The average Bonchev–Trinajstić information content (AvgIpc) is 3.09. The lowest BCUT2D eigenvalue weighted by molar-refractivity contribution is -0.143. The highest BCUT2D eigenvalue weighted by Crippen LogP contribution is 2.33. The fraction of sp³-hybridized carbons (Fsp3) is 0.529. The number of amides is 1. The zero-order valence-electron chi connectivity index (χ0n) is 14.4. The number of aromatic nitrogens is 2. The van der Waals surface area contributed by atoms with Crippen LogP contribution >= 0.6 is 0 Å². The molecule has 0 fully saturated rings. The third kappa shape index (κ3) is 4.90. The summed E-state index contributed by atoms with van der Waals surface area (Å²) in [7, 11) is 0. The maximum Gasteiger partial charge on any atom is 0.329 e. The van der Waals surface area contributed by atoms with Crippen LogP contribution in [0.15, 0.2) is 12.2 Å². The Bertz CT molecular complexity index is 717. The summed E-state index contributed by atoms with van der Waals surface area (Å²) in [6.45, 7) is 3.75. The molecule has 0 saturated carbocycles. The maximum atomic E-state index is 11.8. The predicted molar refractivity (Wildman–Crippen MR) is 88.8 cm³/mol. The molecule has 2 atom stereocenters. The molecule has 1 aliphatic carbocycles. The van der Waals surface area contributed by atoms with Gasteiger partial charge >= 0.3 is 5.97 Å². The largest absolute Gasteiger partial charge is 0.480 e. The summed E-state index contributed by atoms with van der Waals surface area (Å²) in [4.78, 5) is 22.1. The van der Waals surface area contributed by atoms with Gasteiger partial charge in [0, 0.05) is 23.2 Å². The quantitative estimate of drug-likeness (QED) is 0.679. The predicted octanol–water partition coefficient (Wildman–Crippen LogP) is 1.04. The van der Waals surface area contributed by atoms with Gasteiger partial charge in [-0.3, -0.25) is 9.48 Å². The standard InChI is InChI=1S/C17H22N4O4/c1-11-17(12(2)21(20-11)7-3-6-18)13-4-5-14(8-13)19-15(22)9-25-10-16(23)24/h4-5,13-14H,3,7-10H2,1-2H3,(H,19,22)(H,23,24)/t13-,14+/m0/s1. The topological polar surface area (TPSA) is 117 Å². The Balaban J connectivity index is 1.92. The number of nitrogens with one attached hydrogen (secondary N) is 1. The van der Waals surface area contributed by atoms with Crippen LogP contribution in [0.2, 0.25) is 0 Å². The highest BCUT2D eigenvalue weighted by molar-refractivity contribution is 5.78. The molecule has 0 spiro atoms. The molecule has 25 heavy (non-hydrogen) atoms. The summed E-state index contributed by atoms with van der Waals surface area (Å²) >= 11 is 0. The summed E-state index contributed by atoms with van der Waals surface area (Å²) in [5, 5.41) is 24.5. The summed E-state index contributed by atoms with van der Waals surface area (Å²) in [6.07, 6.45) is 5.12. The van der Waals surface area contributed by atoms with Crippen LogP contribution in [-0.4, -0.2) is 46.0 Å². The van der Waals surface area contributed by atoms with Crippen molar-refractivity contribution < 1.29 is 19.4 Å². The minimum Gasteiger partial charge on any atom is -0.480 e. The van der Waals surface area contributed by atoms with E-state index in [1.54, 1.807) is 0 Å². The van der Waals surface area contributed by atoms with Crippen LogP contribution in [0.5, 0.6) is 0 Å². The highest BCUT2D eigenvalue weighted by atomic mass is 16.5. The zero-order valence-corrected chi connectivity index (χ0v) is 14.4. The molecule has 2 rings (SSSR count). The normalized spacial score (nSPS) is 18.9. The molecule has 2 N–H and O–H groups in total. The number of carbonyl (C=O) groups is 2.